The summed E-state index contributed by atoms with van der Waals surface area (Å²) in [6, 6.07) is 9.98. The number of aliphatic imine (C=N–C) groups is 1. The van der Waals surface area contributed by atoms with Crippen LogP contribution in [0.25, 0.3) is 0 Å². The average Bonchev–Trinajstić information content (AvgIpc) is 3.03. The third-order valence-electron chi connectivity index (χ3n) is 4.12. The van der Waals surface area contributed by atoms with Crippen LogP contribution in [0.4, 0.5) is 15.8 Å². The number of hydrogen-bond donors (Lipinski definition) is 2. The fourth-order valence-corrected chi connectivity index (χ4v) is 2.96. The van der Waals surface area contributed by atoms with Gasteiger partial charge in [0.25, 0.3) is 6.02 Å². The number of carbonyl (C=O) groups excluding carboxylic acids is 1. The van der Waals surface area contributed by atoms with E-state index < -0.39 is 0 Å². The van der Waals surface area contributed by atoms with Gasteiger partial charge in [0, 0.05) is 28.6 Å². The van der Waals surface area contributed by atoms with Gasteiger partial charge in [-0.3, -0.25) is 4.79 Å². The van der Waals surface area contributed by atoms with Crippen LogP contribution in [0.1, 0.15) is 17.2 Å². The molecule has 0 spiro atoms. The zero-order valence-electron chi connectivity index (χ0n) is 13.6. The van der Waals surface area contributed by atoms with Crippen LogP contribution in [-0.2, 0) is 16.1 Å². The first kappa shape index (κ1) is 16.7. The molecule has 2 aromatic carbocycles. The van der Waals surface area contributed by atoms with E-state index in [2.05, 4.69) is 15.6 Å². The second-order valence-corrected chi connectivity index (χ2v) is 6.18. The Kier molecular flexibility index (Phi) is 4.38. The van der Waals surface area contributed by atoms with Crippen LogP contribution in [0.5, 0.6) is 5.75 Å². The van der Waals surface area contributed by atoms with E-state index in [1.807, 2.05) is 12.1 Å². The SMILES string of the molecule is O=C(CCl)Nc1ccc2c(c1)COC(=NC1COc3cc(F)ccc31)N2. The highest BCUT2D eigenvalue weighted by Gasteiger charge is 2.26. The van der Waals surface area contributed by atoms with E-state index in [9.17, 15) is 9.18 Å². The second-order valence-electron chi connectivity index (χ2n) is 5.91. The van der Waals surface area contributed by atoms with E-state index in [1.165, 1.54) is 12.1 Å². The molecular weight excluding hydrogens is 361 g/mol. The number of nitrogens with one attached hydrogen (secondary N) is 2. The lowest BCUT2D eigenvalue weighted by atomic mass is 10.1. The van der Waals surface area contributed by atoms with Gasteiger partial charge in [-0.15, -0.1) is 11.6 Å². The number of nitrogens with zero attached hydrogens (tertiary/aromatic N) is 1. The average molecular weight is 376 g/mol. The fraction of sp³-hybridized carbons (Fsp3) is 0.222. The van der Waals surface area contributed by atoms with E-state index in [0.29, 0.717) is 30.7 Å². The van der Waals surface area contributed by atoms with Crippen LogP contribution >= 0.6 is 11.6 Å². The zero-order valence-corrected chi connectivity index (χ0v) is 14.3. The molecule has 2 aliphatic rings. The van der Waals surface area contributed by atoms with Gasteiger partial charge in [0.15, 0.2) is 0 Å². The Morgan fingerprint density at radius 2 is 2.19 bits per heavy atom. The molecule has 0 saturated heterocycles. The summed E-state index contributed by atoms with van der Waals surface area (Å²) in [6.45, 7) is 0.652. The molecule has 2 aromatic rings. The van der Waals surface area contributed by atoms with Gasteiger partial charge in [-0.25, -0.2) is 9.38 Å². The smallest absolute Gasteiger partial charge is 0.290 e. The van der Waals surface area contributed by atoms with Gasteiger partial charge in [0.2, 0.25) is 5.91 Å². The number of amides is 1. The summed E-state index contributed by atoms with van der Waals surface area (Å²) in [6.07, 6.45) is 0. The van der Waals surface area contributed by atoms with Crippen LogP contribution in [0.15, 0.2) is 41.4 Å². The molecule has 1 atom stereocenters. The molecule has 1 unspecified atom stereocenters. The zero-order chi connectivity index (χ0) is 18.1. The molecule has 0 saturated carbocycles. The lowest BCUT2D eigenvalue weighted by Crippen LogP contribution is -2.24. The summed E-state index contributed by atoms with van der Waals surface area (Å²) in [7, 11) is 0. The van der Waals surface area contributed by atoms with E-state index >= 15 is 0 Å². The number of rotatable bonds is 3. The monoisotopic (exact) mass is 375 g/mol. The number of hydrogen-bond acceptors (Lipinski definition) is 4. The van der Waals surface area contributed by atoms with Gasteiger partial charge < -0.3 is 20.1 Å². The predicted octanol–water partition coefficient (Wildman–Crippen LogP) is 3.43. The molecule has 0 radical (unpaired) electrons. The number of alkyl halides is 1. The summed E-state index contributed by atoms with van der Waals surface area (Å²) < 4.78 is 24.4. The van der Waals surface area contributed by atoms with Crippen molar-refractivity contribution in [2.24, 2.45) is 4.99 Å². The van der Waals surface area contributed by atoms with Crippen LogP contribution in [-0.4, -0.2) is 24.4 Å². The number of fused-ring (bicyclic) bond motifs is 2. The Morgan fingerprint density at radius 1 is 1.31 bits per heavy atom. The molecule has 8 heteroatoms. The van der Waals surface area contributed by atoms with Crippen molar-refractivity contribution >= 4 is 34.9 Å². The van der Waals surface area contributed by atoms with Crippen molar-refractivity contribution in [3.05, 3.63) is 53.3 Å². The van der Waals surface area contributed by atoms with Crippen molar-refractivity contribution in [3.8, 4) is 5.75 Å². The first-order chi connectivity index (χ1) is 12.6. The number of benzene rings is 2. The van der Waals surface area contributed by atoms with Crippen molar-refractivity contribution in [3.63, 3.8) is 0 Å². The van der Waals surface area contributed by atoms with Crippen molar-refractivity contribution < 1.29 is 18.7 Å². The molecule has 26 heavy (non-hydrogen) atoms. The van der Waals surface area contributed by atoms with E-state index in [0.717, 1.165) is 16.8 Å². The van der Waals surface area contributed by atoms with E-state index in [4.69, 9.17) is 21.1 Å². The first-order valence-corrected chi connectivity index (χ1v) is 8.54. The minimum Gasteiger partial charge on any atom is -0.491 e. The molecule has 0 bridgehead atoms. The van der Waals surface area contributed by atoms with Crippen LogP contribution in [0.3, 0.4) is 0 Å². The fourth-order valence-electron chi connectivity index (χ4n) is 2.89. The highest BCUT2D eigenvalue weighted by Crippen LogP contribution is 2.36. The second kappa shape index (κ2) is 6.84. The maximum Gasteiger partial charge on any atom is 0.290 e. The summed E-state index contributed by atoms with van der Waals surface area (Å²) in [4.78, 5) is 15.9. The van der Waals surface area contributed by atoms with Crippen molar-refractivity contribution in [2.45, 2.75) is 12.6 Å². The number of ether oxygens (including phenoxy) is 2. The van der Waals surface area contributed by atoms with Gasteiger partial charge in [0.1, 0.15) is 36.7 Å². The highest BCUT2D eigenvalue weighted by atomic mass is 35.5. The minimum atomic E-state index is -0.338. The van der Waals surface area contributed by atoms with E-state index in [-0.39, 0.29) is 23.6 Å². The number of carbonyl (C=O) groups is 1. The van der Waals surface area contributed by atoms with Gasteiger partial charge in [0.05, 0.1) is 0 Å². The maximum atomic E-state index is 13.3. The van der Waals surface area contributed by atoms with Crippen molar-refractivity contribution in [1.82, 2.24) is 0 Å². The molecule has 6 nitrogen and oxygen atoms in total. The lowest BCUT2D eigenvalue weighted by molar-refractivity contribution is -0.113. The van der Waals surface area contributed by atoms with Crippen LogP contribution in [0, 0.1) is 5.82 Å². The highest BCUT2D eigenvalue weighted by molar-refractivity contribution is 6.29. The van der Waals surface area contributed by atoms with Crippen molar-refractivity contribution in [2.75, 3.05) is 23.1 Å². The first-order valence-electron chi connectivity index (χ1n) is 8.01. The molecule has 134 valence electrons. The normalized spacial score (nSPS) is 19.0. The van der Waals surface area contributed by atoms with Crippen LogP contribution < -0.4 is 15.4 Å². The van der Waals surface area contributed by atoms with Gasteiger partial charge in [-0.2, -0.15) is 0 Å². The third kappa shape index (κ3) is 3.30. The van der Waals surface area contributed by atoms with Crippen LogP contribution in [0.2, 0.25) is 0 Å². The molecule has 2 heterocycles. The summed E-state index contributed by atoms with van der Waals surface area (Å²) in [5.74, 6) is -0.197. The van der Waals surface area contributed by atoms with Gasteiger partial charge >= 0.3 is 0 Å². The van der Waals surface area contributed by atoms with Gasteiger partial charge in [-0.05, 0) is 24.3 Å². The summed E-state index contributed by atoms with van der Waals surface area (Å²) in [5.41, 5.74) is 3.22. The van der Waals surface area contributed by atoms with Gasteiger partial charge in [-0.1, -0.05) is 6.07 Å². The molecule has 0 fully saturated rings. The number of anilines is 2. The number of amidine groups is 1. The summed E-state index contributed by atoms with van der Waals surface area (Å²) >= 11 is 5.49. The molecular formula is C18H15ClFN3O3. The maximum absolute atomic E-state index is 13.3. The summed E-state index contributed by atoms with van der Waals surface area (Å²) in [5, 5.41) is 5.82. The topological polar surface area (TPSA) is 72.0 Å². The van der Waals surface area contributed by atoms with Crippen molar-refractivity contribution in [1.29, 1.82) is 0 Å². The Bertz CT molecular complexity index is 903. The Hall–Kier alpha value is -2.80. The Labute approximate surface area is 154 Å². The molecule has 0 aromatic heterocycles. The third-order valence-corrected chi connectivity index (χ3v) is 4.36. The largest absolute Gasteiger partial charge is 0.491 e. The molecule has 2 N–H and O–H groups in total. The molecule has 0 aliphatic carbocycles. The molecule has 2 aliphatic heterocycles. The van der Waals surface area contributed by atoms with E-state index in [1.54, 1.807) is 12.1 Å². The predicted molar refractivity (Wildman–Crippen MR) is 96.3 cm³/mol. The quantitative estimate of drug-likeness (QED) is 0.806. The Morgan fingerprint density at radius 3 is 3.04 bits per heavy atom. The molecule has 4 rings (SSSR count). The number of halogens is 2. The minimum absolute atomic E-state index is 0.0997. The lowest BCUT2D eigenvalue weighted by Gasteiger charge is -2.22. The molecule has 1 amide bonds. The standard InChI is InChI=1S/C18H15ClFN3O3/c19-7-17(24)21-12-2-4-14-10(5-12)8-26-18(22-14)23-15-9-25-16-6-11(20)1-3-13(15)16/h1-6,15H,7-9H2,(H,21,24)(H,22,23). The Balaban J connectivity index is 1.51.